The van der Waals surface area contributed by atoms with Crippen LogP contribution in [0, 0.1) is 0 Å². The number of alkyl halides is 1. The monoisotopic (exact) mass is 266 g/mol. The predicted octanol–water partition coefficient (Wildman–Crippen LogP) is 3.89. The molecule has 0 N–H and O–H groups in total. The molecule has 0 saturated carbocycles. The van der Waals surface area contributed by atoms with Crippen LogP contribution < -0.4 is 4.90 Å². The van der Waals surface area contributed by atoms with Crippen molar-refractivity contribution in [1.82, 2.24) is 4.98 Å². The van der Waals surface area contributed by atoms with Gasteiger partial charge in [-0.15, -0.1) is 22.9 Å². The zero-order chi connectivity index (χ0) is 11.7. The maximum atomic E-state index is 6.08. The molecule has 3 rings (SSSR count). The Bertz CT molecular complexity index is 511. The molecule has 1 saturated heterocycles. The third-order valence-corrected chi connectivity index (χ3v) is 4.67. The second-order valence-corrected chi connectivity index (χ2v) is 5.72. The van der Waals surface area contributed by atoms with E-state index >= 15 is 0 Å². The Hall–Kier alpha value is -0.800. The van der Waals surface area contributed by atoms with Crippen molar-refractivity contribution < 1.29 is 0 Å². The number of nitrogens with zero attached hydrogens (tertiary/aromatic N) is 2. The molecule has 1 aliphatic heterocycles. The number of hydrogen-bond donors (Lipinski definition) is 0. The number of piperidine rings is 1. The topological polar surface area (TPSA) is 16.1 Å². The van der Waals surface area contributed by atoms with Crippen LogP contribution in [0.4, 0.5) is 5.82 Å². The Kier molecular flexibility index (Phi) is 3.21. The Morgan fingerprint density at radius 2 is 2.35 bits per heavy atom. The summed E-state index contributed by atoms with van der Waals surface area (Å²) in [6.07, 6.45) is 5.63. The third kappa shape index (κ3) is 2.02. The number of aromatic nitrogens is 1. The van der Waals surface area contributed by atoms with Crippen molar-refractivity contribution in [2.24, 2.45) is 0 Å². The maximum absolute atomic E-state index is 6.08. The van der Waals surface area contributed by atoms with Crippen LogP contribution >= 0.6 is 22.9 Å². The van der Waals surface area contributed by atoms with Gasteiger partial charge < -0.3 is 4.90 Å². The first-order chi connectivity index (χ1) is 8.40. The van der Waals surface area contributed by atoms with Crippen molar-refractivity contribution in [3.8, 4) is 0 Å². The molecule has 0 spiro atoms. The summed E-state index contributed by atoms with van der Waals surface area (Å²) in [6.45, 7) is 1.08. The summed E-state index contributed by atoms with van der Waals surface area (Å²) < 4.78 is 1.31. The minimum atomic E-state index is 0.448. The quantitative estimate of drug-likeness (QED) is 0.767. The molecule has 17 heavy (non-hydrogen) atoms. The average Bonchev–Trinajstić information content (AvgIpc) is 2.86. The van der Waals surface area contributed by atoms with Gasteiger partial charge in [0.15, 0.2) is 0 Å². The molecule has 1 unspecified atom stereocenters. The van der Waals surface area contributed by atoms with Gasteiger partial charge in [-0.05, 0) is 36.8 Å². The van der Waals surface area contributed by atoms with Crippen LogP contribution in [-0.2, 0) is 0 Å². The number of thiophene rings is 1. The fourth-order valence-corrected chi connectivity index (χ4v) is 3.65. The van der Waals surface area contributed by atoms with Gasteiger partial charge in [0.25, 0.3) is 0 Å². The van der Waals surface area contributed by atoms with Crippen LogP contribution in [-0.4, -0.2) is 23.5 Å². The summed E-state index contributed by atoms with van der Waals surface area (Å²) >= 11 is 7.86. The highest BCUT2D eigenvalue weighted by atomic mass is 35.5. The van der Waals surface area contributed by atoms with E-state index in [1.54, 1.807) is 11.3 Å². The van der Waals surface area contributed by atoms with Crippen molar-refractivity contribution >= 4 is 38.8 Å². The molecule has 2 nitrogen and oxygen atoms in total. The van der Waals surface area contributed by atoms with Gasteiger partial charge in [-0.2, -0.15) is 0 Å². The molecule has 0 radical (unpaired) electrons. The predicted molar refractivity (Wildman–Crippen MR) is 75.3 cm³/mol. The van der Waals surface area contributed by atoms with E-state index in [2.05, 4.69) is 27.4 Å². The molecule has 0 amide bonds. The molecule has 0 bridgehead atoms. The lowest BCUT2D eigenvalue weighted by atomic mass is 10.0. The van der Waals surface area contributed by atoms with Crippen LogP contribution in [0.2, 0.25) is 0 Å². The largest absolute Gasteiger partial charge is 0.352 e. The Labute approximate surface area is 110 Å². The second-order valence-electron chi connectivity index (χ2n) is 4.46. The molecule has 4 heteroatoms. The highest BCUT2D eigenvalue weighted by molar-refractivity contribution is 7.17. The summed E-state index contributed by atoms with van der Waals surface area (Å²) in [5.74, 6) is 1.82. The first-order valence-corrected chi connectivity index (χ1v) is 7.46. The summed E-state index contributed by atoms with van der Waals surface area (Å²) in [7, 11) is 0. The Morgan fingerprint density at radius 1 is 1.41 bits per heavy atom. The van der Waals surface area contributed by atoms with Gasteiger partial charge >= 0.3 is 0 Å². The van der Waals surface area contributed by atoms with E-state index in [1.165, 1.54) is 29.3 Å². The van der Waals surface area contributed by atoms with E-state index in [1.807, 2.05) is 6.20 Å². The van der Waals surface area contributed by atoms with E-state index in [4.69, 9.17) is 11.6 Å². The van der Waals surface area contributed by atoms with Gasteiger partial charge in [0.05, 0.1) is 0 Å². The van der Waals surface area contributed by atoms with Gasteiger partial charge in [-0.3, -0.25) is 0 Å². The fraction of sp³-hybridized carbons (Fsp3) is 0.462. The van der Waals surface area contributed by atoms with Crippen molar-refractivity contribution in [2.45, 2.75) is 25.3 Å². The SMILES string of the molecule is ClCC1CCCCN1c1nccc2sccc12. The molecule has 3 heterocycles. The zero-order valence-electron chi connectivity index (χ0n) is 9.60. The Morgan fingerprint density at radius 3 is 3.24 bits per heavy atom. The molecule has 1 aliphatic rings. The van der Waals surface area contributed by atoms with Gasteiger partial charge in [-0.25, -0.2) is 4.98 Å². The molecule has 1 atom stereocenters. The van der Waals surface area contributed by atoms with Crippen LogP contribution in [0.1, 0.15) is 19.3 Å². The van der Waals surface area contributed by atoms with Crippen LogP contribution in [0.15, 0.2) is 23.7 Å². The van der Waals surface area contributed by atoms with Crippen molar-refractivity contribution in [2.75, 3.05) is 17.3 Å². The van der Waals surface area contributed by atoms with E-state index in [0.717, 1.165) is 12.4 Å². The lowest BCUT2D eigenvalue weighted by Gasteiger charge is -2.35. The first kappa shape index (κ1) is 11.3. The molecule has 2 aromatic rings. The molecular formula is C13H15ClN2S. The summed E-state index contributed by atoms with van der Waals surface area (Å²) in [5.41, 5.74) is 0. The number of hydrogen-bond acceptors (Lipinski definition) is 3. The lowest BCUT2D eigenvalue weighted by molar-refractivity contribution is 0.485. The van der Waals surface area contributed by atoms with E-state index in [-0.39, 0.29) is 0 Å². The maximum Gasteiger partial charge on any atom is 0.137 e. The second kappa shape index (κ2) is 4.83. The summed E-state index contributed by atoms with van der Waals surface area (Å²) in [6, 6.07) is 4.70. The summed E-state index contributed by atoms with van der Waals surface area (Å²) in [4.78, 5) is 6.97. The number of anilines is 1. The first-order valence-electron chi connectivity index (χ1n) is 6.05. The molecule has 90 valence electrons. The van der Waals surface area contributed by atoms with E-state index in [0.29, 0.717) is 11.9 Å². The summed E-state index contributed by atoms with van der Waals surface area (Å²) in [5, 5.41) is 3.41. The van der Waals surface area contributed by atoms with Gasteiger partial charge in [0.1, 0.15) is 5.82 Å². The van der Waals surface area contributed by atoms with Crippen molar-refractivity contribution in [3.63, 3.8) is 0 Å². The lowest BCUT2D eigenvalue weighted by Crippen LogP contribution is -2.41. The molecular weight excluding hydrogens is 252 g/mol. The van der Waals surface area contributed by atoms with E-state index in [9.17, 15) is 0 Å². The molecule has 0 aliphatic carbocycles. The Balaban J connectivity index is 2.04. The average molecular weight is 267 g/mol. The van der Waals surface area contributed by atoms with Crippen molar-refractivity contribution in [1.29, 1.82) is 0 Å². The van der Waals surface area contributed by atoms with Crippen LogP contribution in [0.25, 0.3) is 10.1 Å². The molecule has 0 aromatic carbocycles. The highest BCUT2D eigenvalue weighted by Crippen LogP contribution is 2.32. The van der Waals surface area contributed by atoms with Crippen LogP contribution in [0.5, 0.6) is 0 Å². The molecule has 1 fully saturated rings. The third-order valence-electron chi connectivity index (χ3n) is 3.44. The number of rotatable bonds is 2. The number of pyridine rings is 1. The van der Waals surface area contributed by atoms with Crippen molar-refractivity contribution in [3.05, 3.63) is 23.7 Å². The normalized spacial score (nSPS) is 21.0. The van der Waals surface area contributed by atoms with Gasteiger partial charge in [0.2, 0.25) is 0 Å². The smallest absolute Gasteiger partial charge is 0.137 e. The minimum absolute atomic E-state index is 0.448. The number of fused-ring (bicyclic) bond motifs is 1. The van der Waals surface area contributed by atoms with Crippen LogP contribution in [0.3, 0.4) is 0 Å². The zero-order valence-corrected chi connectivity index (χ0v) is 11.2. The van der Waals surface area contributed by atoms with E-state index < -0.39 is 0 Å². The standard InChI is InChI=1S/C13H15ClN2S/c14-9-10-3-1-2-7-16(10)13-11-5-8-17-12(11)4-6-15-13/h4-6,8,10H,1-3,7,9H2. The van der Waals surface area contributed by atoms with Gasteiger partial charge in [-0.1, -0.05) is 0 Å². The van der Waals surface area contributed by atoms with Gasteiger partial charge in [0, 0.05) is 34.7 Å². The molecule has 2 aromatic heterocycles. The number of halogens is 1. The minimum Gasteiger partial charge on any atom is -0.352 e. The highest BCUT2D eigenvalue weighted by Gasteiger charge is 2.24. The fourth-order valence-electron chi connectivity index (χ4n) is 2.55.